The van der Waals surface area contributed by atoms with Crippen molar-refractivity contribution >= 4 is 5.91 Å². The number of hydrogen-bond donors (Lipinski definition) is 0. The number of fused-ring (bicyclic) bond motifs is 1. The van der Waals surface area contributed by atoms with Crippen molar-refractivity contribution in [2.75, 3.05) is 20.1 Å². The van der Waals surface area contributed by atoms with E-state index in [1.165, 1.54) is 17.5 Å². The van der Waals surface area contributed by atoms with Crippen molar-refractivity contribution in [3.63, 3.8) is 0 Å². The summed E-state index contributed by atoms with van der Waals surface area (Å²) in [5, 5.41) is 0. The highest BCUT2D eigenvalue weighted by atomic mass is 16.3. The molecule has 138 valence electrons. The number of amides is 1. The minimum atomic E-state index is 0.225. The molecule has 0 unspecified atom stereocenters. The third-order valence-corrected chi connectivity index (χ3v) is 6.08. The van der Waals surface area contributed by atoms with Gasteiger partial charge in [0.25, 0.3) is 0 Å². The lowest BCUT2D eigenvalue weighted by Gasteiger charge is -2.40. The van der Waals surface area contributed by atoms with E-state index in [1.54, 1.807) is 6.26 Å². The molecule has 4 nitrogen and oxygen atoms in total. The predicted molar refractivity (Wildman–Crippen MR) is 102 cm³/mol. The minimum Gasteiger partial charge on any atom is -0.469 e. The van der Waals surface area contributed by atoms with E-state index in [0.717, 1.165) is 38.1 Å². The molecule has 2 aliphatic rings. The zero-order valence-corrected chi connectivity index (χ0v) is 15.6. The average Bonchev–Trinajstić information content (AvgIpc) is 3.35. The summed E-state index contributed by atoms with van der Waals surface area (Å²) in [6, 6.07) is 13.6. The molecular formula is C22H28N2O2. The zero-order chi connectivity index (χ0) is 17.9. The van der Waals surface area contributed by atoms with Gasteiger partial charge in [-0.15, -0.1) is 0 Å². The van der Waals surface area contributed by atoms with E-state index in [9.17, 15) is 4.79 Å². The molecule has 1 amide bonds. The van der Waals surface area contributed by atoms with Crippen LogP contribution < -0.4 is 0 Å². The summed E-state index contributed by atoms with van der Waals surface area (Å²) in [6.07, 6.45) is 7.46. The van der Waals surface area contributed by atoms with Crippen molar-refractivity contribution in [2.45, 2.75) is 50.6 Å². The molecule has 1 atom stereocenters. The van der Waals surface area contributed by atoms with Gasteiger partial charge >= 0.3 is 0 Å². The fourth-order valence-corrected chi connectivity index (χ4v) is 4.49. The molecule has 1 saturated heterocycles. The number of aryl methyl sites for hydroxylation is 1. The molecular weight excluding hydrogens is 324 g/mol. The van der Waals surface area contributed by atoms with Gasteiger partial charge in [-0.3, -0.25) is 9.69 Å². The van der Waals surface area contributed by atoms with Crippen molar-refractivity contribution in [1.82, 2.24) is 9.80 Å². The van der Waals surface area contributed by atoms with E-state index in [1.807, 2.05) is 24.1 Å². The van der Waals surface area contributed by atoms with Gasteiger partial charge in [0.2, 0.25) is 5.91 Å². The second-order valence-corrected chi connectivity index (χ2v) is 7.71. The van der Waals surface area contributed by atoms with Gasteiger partial charge in [0, 0.05) is 38.5 Å². The minimum absolute atomic E-state index is 0.225. The highest BCUT2D eigenvalue weighted by Gasteiger charge is 2.32. The number of carbonyl (C=O) groups is 1. The molecule has 4 heteroatoms. The Kier molecular flexibility index (Phi) is 5.11. The van der Waals surface area contributed by atoms with E-state index >= 15 is 0 Å². The summed E-state index contributed by atoms with van der Waals surface area (Å²) in [4.78, 5) is 17.2. The molecule has 1 aliphatic heterocycles. The SMILES string of the molecule is CN(C(=O)CCc1ccco1)[C@@H]1CCCN(C2Cc3ccccc3C2)C1. The van der Waals surface area contributed by atoms with Crippen molar-refractivity contribution in [3.8, 4) is 0 Å². The monoisotopic (exact) mass is 352 g/mol. The summed E-state index contributed by atoms with van der Waals surface area (Å²) in [7, 11) is 1.97. The van der Waals surface area contributed by atoms with Crippen molar-refractivity contribution in [3.05, 3.63) is 59.5 Å². The molecule has 1 aliphatic carbocycles. The first-order valence-corrected chi connectivity index (χ1v) is 9.79. The summed E-state index contributed by atoms with van der Waals surface area (Å²) in [5.74, 6) is 1.11. The lowest BCUT2D eigenvalue weighted by Crippen LogP contribution is -2.51. The molecule has 0 saturated carbocycles. The summed E-state index contributed by atoms with van der Waals surface area (Å²) in [5.41, 5.74) is 3.00. The lowest BCUT2D eigenvalue weighted by molar-refractivity contribution is -0.133. The third kappa shape index (κ3) is 3.70. The Morgan fingerprint density at radius 3 is 2.65 bits per heavy atom. The Labute approximate surface area is 155 Å². The van der Waals surface area contributed by atoms with Crippen LogP contribution in [0.5, 0.6) is 0 Å². The quantitative estimate of drug-likeness (QED) is 0.828. The zero-order valence-electron chi connectivity index (χ0n) is 15.6. The first-order chi connectivity index (χ1) is 12.7. The maximum Gasteiger partial charge on any atom is 0.223 e. The lowest BCUT2D eigenvalue weighted by atomic mass is 10.0. The topological polar surface area (TPSA) is 36.7 Å². The summed E-state index contributed by atoms with van der Waals surface area (Å²) >= 11 is 0. The molecule has 1 fully saturated rings. The number of nitrogens with zero attached hydrogens (tertiary/aromatic N) is 2. The van der Waals surface area contributed by atoms with Gasteiger partial charge in [-0.05, 0) is 55.5 Å². The van der Waals surface area contributed by atoms with Gasteiger partial charge in [-0.2, -0.15) is 0 Å². The van der Waals surface area contributed by atoms with E-state index in [0.29, 0.717) is 24.9 Å². The number of benzene rings is 1. The number of furan rings is 1. The van der Waals surface area contributed by atoms with Crippen LogP contribution in [0.3, 0.4) is 0 Å². The molecule has 0 radical (unpaired) electrons. The van der Waals surface area contributed by atoms with Gasteiger partial charge in [0.05, 0.1) is 6.26 Å². The van der Waals surface area contributed by atoms with Crippen LogP contribution in [-0.4, -0.2) is 47.9 Å². The van der Waals surface area contributed by atoms with Gasteiger partial charge in [0.15, 0.2) is 0 Å². The molecule has 26 heavy (non-hydrogen) atoms. The molecule has 0 bridgehead atoms. The van der Waals surface area contributed by atoms with Gasteiger partial charge in [0.1, 0.15) is 5.76 Å². The number of hydrogen-bond acceptors (Lipinski definition) is 3. The predicted octanol–water partition coefficient (Wildman–Crippen LogP) is 3.30. The molecule has 1 aromatic carbocycles. The van der Waals surface area contributed by atoms with Gasteiger partial charge in [-0.1, -0.05) is 24.3 Å². The van der Waals surface area contributed by atoms with Crippen LogP contribution in [-0.2, 0) is 24.1 Å². The fraction of sp³-hybridized carbons (Fsp3) is 0.500. The fourth-order valence-electron chi connectivity index (χ4n) is 4.49. The molecule has 1 aromatic heterocycles. The summed E-state index contributed by atoms with van der Waals surface area (Å²) < 4.78 is 5.35. The molecule has 2 heterocycles. The van der Waals surface area contributed by atoms with E-state index in [4.69, 9.17) is 4.42 Å². The van der Waals surface area contributed by atoms with E-state index in [2.05, 4.69) is 29.2 Å². The molecule has 4 rings (SSSR count). The molecule has 0 N–H and O–H groups in total. The van der Waals surface area contributed by atoms with Crippen LogP contribution in [0.1, 0.15) is 36.1 Å². The van der Waals surface area contributed by atoms with Crippen molar-refractivity contribution in [2.24, 2.45) is 0 Å². The maximum atomic E-state index is 12.6. The Bertz CT molecular complexity index is 715. The van der Waals surface area contributed by atoms with Crippen molar-refractivity contribution in [1.29, 1.82) is 0 Å². The van der Waals surface area contributed by atoms with Crippen LogP contribution in [0.15, 0.2) is 47.1 Å². The van der Waals surface area contributed by atoms with Crippen LogP contribution in [0.4, 0.5) is 0 Å². The first-order valence-electron chi connectivity index (χ1n) is 9.79. The maximum absolute atomic E-state index is 12.6. The first kappa shape index (κ1) is 17.3. The number of carbonyl (C=O) groups excluding carboxylic acids is 1. The third-order valence-electron chi connectivity index (χ3n) is 6.08. The van der Waals surface area contributed by atoms with Crippen LogP contribution in [0.25, 0.3) is 0 Å². The number of piperidine rings is 1. The molecule has 2 aromatic rings. The average molecular weight is 352 g/mol. The molecule has 0 spiro atoms. The van der Waals surface area contributed by atoms with Gasteiger partial charge in [-0.25, -0.2) is 0 Å². The smallest absolute Gasteiger partial charge is 0.223 e. The van der Waals surface area contributed by atoms with Crippen molar-refractivity contribution < 1.29 is 9.21 Å². The normalized spacial score (nSPS) is 20.9. The number of rotatable bonds is 5. The van der Waals surface area contributed by atoms with Gasteiger partial charge < -0.3 is 9.32 Å². The Hall–Kier alpha value is -2.07. The Morgan fingerprint density at radius 2 is 1.96 bits per heavy atom. The second kappa shape index (κ2) is 7.67. The van der Waals surface area contributed by atoms with Crippen LogP contribution >= 0.6 is 0 Å². The van der Waals surface area contributed by atoms with Crippen LogP contribution in [0, 0.1) is 0 Å². The number of likely N-dealkylation sites (tertiary alicyclic amines) is 1. The highest BCUT2D eigenvalue weighted by Crippen LogP contribution is 2.28. The second-order valence-electron chi connectivity index (χ2n) is 7.71. The van der Waals surface area contributed by atoms with E-state index < -0.39 is 0 Å². The van der Waals surface area contributed by atoms with E-state index in [-0.39, 0.29) is 5.91 Å². The van der Waals surface area contributed by atoms with Crippen LogP contribution in [0.2, 0.25) is 0 Å². The Morgan fingerprint density at radius 1 is 1.19 bits per heavy atom. The standard InChI is InChI=1S/C22H28N2O2/c1-23(22(25)11-10-21-9-5-13-26-21)19-8-4-12-24(16-19)20-14-17-6-2-3-7-18(17)15-20/h2-3,5-7,9,13,19-20H,4,8,10-12,14-16H2,1H3/t19-/m1/s1. The highest BCUT2D eigenvalue weighted by molar-refractivity contribution is 5.76. The summed E-state index contributed by atoms with van der Waals surface area (Å²) in [6.45, 7) is 2.16. The Balaban J connectivity index is 1.32. The number of likely N-dealkylation sites (N-methyl/N-ethyl adjacent to an activating group) is 1. The largest absolute Gasteiger partial charge is 0.469 e.